The normalized spacial score (nSPS) is 25.7. The van der Waals surface area contributed by atoms with Gasteiger partial charge in [-0.1, -0.05) is 24.3 Å². The molecule has 0 N–H and O–H groups in total. The number of hydrogen-bond donors (Lipinski definition) is 0. The molecule has 29 heavy (non-hydrogen) atoms. The van der Waals surface area contributed by atoms with Crippen molar-refractivity contribution in [3.8, 4) is 11.5 Å². The summed E-state index contributed by atoms with van der Waals surface area (Å²) in [6, 6.07) is 15.1. The average molecular weight is 392 g/mol. The van der Waals surface area contributed by atoms with Crippen molar-refractivity contribution in [2.24, 2.45) is 0 Å². The van der Waals surface area contributed by atoms with Gasteiger partial charge < -0.3 is 18.9 Å². The number of ether oxygens (including phenoxy) is 4. The van der Waals surface area contributed by atoms with Crippen molar-refractivity contribution in [2.75, 3.05) is 19.8 Å². The molecule has 0 saturated carbocycles. The summed E-state index contributed by atoms with van der Waals surface area (Å²) in [5, 5.41) is 0. The molecular weight excluding hydrogens is 364 g/mol. The molecule has 2 aromatic rings. The molecule has 1 aliphatic carbocycles. The third kappa shape index (κ3) is 4.49. The van der Waals surface area contributed by atoms with Gasteiger partial charge in [0.25, 0.3) is 0 Å². The van der Waals surface area contributed by atoms with Crippen LogP contribution in [-0.4, -0.2) is 32.2 Å². The van der Waals surface area contributed by atoms with Crippen LogP contribution >= 0.6 is 0 Å². The first-order chi connectivity index (χ1) is 14.2. The zero-order valence-electron chi connectivity index (χ0n) is 16.9. The molecule has 0 spiro atoms. The van der Waals surface area contributed by atoms with Crippen molar-refractivity contribution in [2.45, 2.75) is 50.9 Å². The van der Waals surface area contributed by atoms with E-state index in [2.05, 4.69) is 55.5 Å². The minimum absolute atomic E-state index is 0.0525. The molecule has 5 rings (SSSR count). The average Bonchev–Trinajstić information content (AvgIpc) is 3.55. The fraction of sp³-hybridized carbons (Fsp3) is 0.440. The second-order valence-corrected chi connectivity index (χ2v) is 8.22. The molecular formula is C25H28O4. The summed E-state index contributed by atoms with van der Waals surface area (Å²) < 4.78 is 22.2. The SMILES string of the molecule is Cc1cc(C2=CCC(c3ccc(OC4CCO4)cc3)CC2)ccc1OCC1CO1. The van der Waals surface area contributed by atoms with E-state index >= 15 is 0 Å². The summed E-state index contributed by atoms with van der Waals surface area (Å²) in [5.41, 5.74) is 5.35. The lowest BCUT2D eigenvalue weighted by Crippen LogP contribution is -2.32. The summed E-state index contributed by atoms with van der Waals surface area (Å²) in [4.78, 5) is 0. The van der Waals surface area contributed by atoms with Gasteiger partial charge in [-0.25, -0.2) is 0 Å². The maximum atomic E-state index is 5.86. The highest BCUT2D eigenvalue weighted by Crippen LogP contribution is 2.37. The van der Waals surface area contributed by atoms with E-state index in [0.29, 0.717) is 18.6 Å². The molecule has 152 valence electrons. The highest BCUT2D eigenvalue weighted by molar-refractivity contribution is 5.68. The zero-order chi connectivity index (χ0) is 19.6. The number of allylic oxidation sites excluding steroid dienone is 2. The first kappa shape index (κ1) is 18.7. The smallest absolute Gasteiger partial charge is 0.202 e. The second kappa shape index (κ2) is 8.21. The molecule has 4 nitrogen and oxygen atoms in total. The van der Waals surface area contributed by atoms with Crippen LogP contribution < -0.4 is 9.47 Å². The molecule has 2 aliphatic heterocycles. The summed E-state index contributed by atoms with van der Waals surface area (Å²) in [6.07, 6.45) is 7.00. The minimum atomic E-state index is -0.0525. The number of hydrogen-bond acceptors (Lipinski definition) is 4. The van der Waals surface area contributed by atoms with Gasteiger partial charge in [-0.05, 0) is 78.6 Å². The predicted molar refractivity (Wildman–Crippen MR) is 112 cm³/mol. The number of aryl methyl sites for hydroxylation is 1. The molecule has 0 aromatic heterocycles. The van der Waals surface area contributed by atoms with Crippen LogP contribution in [0.4, 0.5) is 0 Å². The highest BCUT2D eigenvalue weighted by atomic mass is 16.7. The second-order valence-electron chi connectivity index (χ2n) is 8.22. The van der Waals surface area contributed by atoms with Crippen LogP contribution in [0.2, 0.25) is 0 Å². The molecule has 2 aromatic carbocycles. The van der Waals surface area contributed by atoms with Crippen molar-refractivity contribution in [1.29, 1.82) is 0 Å². The number of benzene rings is 2. The topological polar surface area (TPSA) is 40.2 Å². The van der Waals surface area contributed by atoms with Crippen molar-refractivity contribution < 1.29 is 18.9 Å². The summed E-state index contributed by atoms with van der Waals surface area (Å²) in [7, 11) is 0. The largest absolute Gasteiger partial charge is 0.491 e. The fourth-order valence-corrected chi connectivity index (χ4v) is 4.03. The maximum absolute atomic E-state index is 5.86. The van der Waals surface area contributed by atoms with Gasteiger partial charge in [0.05, 0.1) is 13.2 Å². The summed E-state index contributed by atoms with van der Waals surface area (Å²) in [6.45, 7) is 4.42. The van der Waals surface area contributed by atoms with E-state index in [4.69, 9.17) is 18.9 Å². The van der Waals surface area contributed by atoms with Gasteiger partial charge >= 0.3 is 0 Å². The molecule has 0 amide bonds. The Bertz CT molecular complexity index is 878. The van der Waals surface area contributed by atoms with Crippen LogP contribution in [-0.2, 0) is 9.47 Å². The van der Waals surface area contributed by atoms with E-state index in [1.807, 2.05) is 0 Å². The van der Waals surface area contributed by atoms with Crippen LogP contribution in [0.1, 0.15) is 48.3 Å². The number of rotatable bonds is 7. The van der Waals surface area contributed by atoms with E-state index in [1.165, 1.54) is 28.7 Å². The molecule has 3 aliphatic rings. The molecule has 0 radical (unpaired) electrons. The quantitative estimate of drug-likeness (QED) is 0.604. The zero-order valence-corrected chi connectivity index (χ0v) is 16.9. The van der Waals surface area contributed by atoms with Crippen LogP contribution in [0, 0.1) is 6.92 Å². The third-order valence-corrected chi connectivity index (χ3v) is 6.06. The molecule has 3 atom stereocenters. The Morgan fingerprint density at radius 2 is 1.86 bits per heavy atom. The van der Waals surface area contributed by atoms with Crippen LogP contribution in [0.5, 0.6) is 11.5 Å². The Kier molecular flexibility index (Phi) is 5.30. The van der Waals surface area contributed by atoms with E-state index in [-0.39, 0.29) is 6.29 Å². The lowest BCUT2D eigenvalue weighted by molar-refractivity contribution is -0.165. The Hall–Kier alpha value is -2.30. The predicted octanol–water partition coefficient (Wildman–Crippen LogP) is 5.25. The van der Waals surface area contributed by atoms with Crippen molar-refractivity contribution >= 4 is 5.57 Å². The van der Waals surface area contributed by atoms with E-state index in [0.717, 1.165) is 44.0 Å². The van der Waals surface area contributed by atoms with Crippen molar-refractivity contribution in [3.05, 3.63) is 65.2 Å². The van der Waals surface area contributed by atoms with E-state index < -0.39 is 0 Å². The monoisotopic (exact) mass is 392 g/mol. The lowest BCUT2D eigenvalue weighted by Gasteiger charge is -2.27. The van der Waals surface area contributed by atoms with Crippen LogP contribution in [0.15, 0.2) is 48.5 Å². The first-order valence-electron chi connectivity index (χ1n) is 10.7. The molecule has 0 bridgehead atoms. The number of epoxide rings is 1. The van der Waals surface area contributed by atoms with Gasteiger partial charge in [0.15, 0.2) is 0 Å². The Morgan fingerprint density at radius 3 is 2.48 bits per heavy atom. The maximum Gasteiger partial charge on any atom is 0.202 e. The highest BCUT2D eigenvalue weighted by Gasteiger charge is 2.24. The molecule has 4 heteroatoms. The van der Waals surface area contributed by atoms with Crippen molar-refractivity contribution in [3.63, 3.8) is 0 Å². The Labute approximate surface area is 172 Å². The molecule has 2 saturated heterocycles. The van der Waals surface area contributed by atoms with E-state index in [9.17, 15) is 0 Å². The third-order valence-electron chi connectivity index (χ3n) is 6.06. The van der Waals surface area contributed by atoms with Gasteiger partial charge in [-0.2, -0.15) is 0 Å². The Balaban J connectivity index is 1.20. The minimum Gasteiger partial charge on any atom is -0.491 e. The van der Waals surface area contributed by atoms with Crippen molar-refractivity contribution in [1.82, 2.24) is 0 Å². The van der Waals surface area contributed by atoms with Gasteiger partial charge in [-0.3, -0.25) is 0 Å². The van der Waals surface area contributed by atoms with Gasteiger partial charge in [0, 0.05) is 6.42 Å². The van der Waals surface area contributed by atoms with E-state index in [1.54, 1.807) is 0 Å². The van der Waals surface area contributed by atoms with Gasteiger partial charge in [0.1, 0.15) is 24.2 Å². The lowest BCUT2D eigenvalue weighted by atomic mass is 9.82. The van der Waals surface area contributed by atoms with Gasteiger partial charge in [-0.15, -0.1) is 0 Å². The summed E-state index contributed by atoms with van der Waals surface area (Å²) in [5.74, 6) is 2.44. The van der Waals surface area contributed by atoms with Crippen LogP contribution in [0.3, 0.4) is 0 Å². The van der Waals surface area contributed by atoms with Gasteiger partial charge in [0.2, 0.25) is 6.29 Å². The fourth-order valence-electron chi connectivity index (χ4n) is 4.03. The van der Waals surface area contributed by atoms with Crippen LogP contribution in [0.25, 0.3) is 5.57 Å². The molecule has 2 heterocycles. The standard InChI is InChI=1S/C25H28O4/c1-17-14-21(8-11-24(17)28-16-23-15-27-23)20-4-2-18(3-5-20)19-6-9-22(10-7-19)29-25-12-13-26-25/h4,6-11,14,18,23,25H,2-3,5,12-13,15-16H2,1H3. The summed E-state index contributed by atoms with van der Waals surface area (Å²) >= 11 is 0. The Morgan fingerprint density at radius 1 is 1.03 bits per heavy atom. The molecule has 3 unspecified atom stereocenters. The first-order valence-corrected chi connectivity index (χ1v) is 10.7. The molecule has 2 fully saturated rings.